The van der Waals surface area contributed by atoms with Crippen molar-refractivity contribution in [1.82, 2.24) is 20.1 Å². The largest absolute Gasteiger partial charge is 0.352 e. The Morgan fingerprint density at radius 3 is 2.67 bits per heavy atom. The summed E-state index contributed by atoms with van der Waals surface area (Å²) in [7, 11) is 0. The van der Waals surface area contributed by atoms with Crippen LogP contribution in [0, 0.1) is 0 Å². The van der Waals surface area contributed by atoms with Crippen molar-refractivity contribution in [3.05, 3.63) is 55.7 Å². The van der Waals surface area contributed by atoms with E-state index in [0.717, 1.165) is 6.07 Å². The number of anilines is 1. The van der Waals surface area contributed by atoms with Crippen LogP contribution in [0.5, 0.6) is 0 Å². The van der Waals surface area contributed by atoms with Gasteiger partial charge in [-0.2, -0.15) is 0 Å². The molecule has 9 heteroatoms. The summed E-state index contributed by atoms with van der Waals surface area (Å²) in [6.45, 7) is 2.22. The fraction of sp³-hybridized carbons (Fsp3) is 0.333. The van der Waals surface area contributed by atoms with Crippen LogP contribution in [0.25, 0.3) is 0 Å². The molecule has 0 atom stereocenters. The van der Waals surface area contributed by atoms with Gasteiger partial charge in [-0.15, -0.1) is 0 Å². The van der Waals surface area contributed by atoms with E-state index in [1.165, 1.54) is 0 Å². The molecule has 1 amide bonds. The highest BCUT2D eigenvalue weighted by Gasteiger charge is 2.23. The molecule has 3 rings (SSSR count). The van der Waals surface area contributed by atoms with Gasteiger partial charge in [-0.05, 0) is 12.1 Å². The van der Waals surface area contributed by atoms with E-state index in [1.807, 2.05) is 4.90 Å². The molecule has 0 spiro atoms. The van der Waals surface area contributed by atoms with Crippen molar-refractivity contribution in [2.24, 2.45) is 0 Å². The molecule has 0 bridgehead atoms. The number of carbonyl (C=O) groups is 1. The summed E-state index contributed by atoms with van der Waals surface area (Å²) in [5.74, 6) is 0.523. The first kappa shape index (κ1) is 16.3. The number of hydrogen-bond donors (Lipinski definition) is 2. The van der Waals surface area contributed by atoms with E-state index in [1.54, 1.807) is 23.2 Å². The van der Waals surface area contributed by atoms with Crippen molar-refractivity contribution in [2.45, 2.75) is 6.42 Å². The van der Waals surface area contributed by atoms with Crippen LogP contribution >= 0.6 is 11.6 Å². The second-order valence-electron chi connectivity index (χ2n) is 5.47. The highest BCUT2D eigenvalue weighted by molar-refractivity contribution is 6.32. The Morgan fingerprint density at radius 2 is 1.96 bits per heavy atom. The zero-order chi connectivity index (χ0) is 17.1. The van der Waals surface area contributed by atoms with E-state index in [0.29, 0.717) is 37.0 Å². The number of pyridine rings is 1. The molecule has 2 N–H and O–H groups in total. The van der Waals surface area contributed by atoms with Crippen LogP contribution in [0.2, 0.25) is 5.02 Å². The SMILES string of the molecule is O=C(Cc1cc(=O)[nH][nH]c1=O)N1CCN(c2ncccc2Cl)CC1. The van der Waals surface area contributed by atoms with Crippen LogP contribution in [0.1, 0.15) is 5.56 Å². The third kappa shape index (κ3) is 3.48. The van der Waals surface area contributed by atoms with Crippen LogP contribution in [0.3, 0.4) is 0 Å². The average molecular weight is 350 g/mol. The maximum atomic E-state index is 12.3. The second kappa shape index (κ2) is 6.88. The Labute approximate surface area is 142 Å². The lowest BCUT2D eigenvalue weighted by Gasteiger charge is -2.35. The highest BCUT2D eigenvalue weighted by Crippen LogP contribution is 2.23. The summed E-state index contributed by atoms with van der Waals surface area (Å²) in [6.07, 6.45) is 1.58. The number of aromatic nitrogens is 3. The average Bonchev–Trinajstić information content (AvgIpc) is 2.59. The molecular weight excluding hydrogens is 334 g/mol. The molecule has 0 aliphatic carbocycles. The van der Waals surface area contributed by atoms with Crippen molar-refractivity contribution in [1.29, 1.82) is 0 Å². The third-order valence-electron chi connectivity index (χ3n) is 3.91. The normalized spacial score (nSPS) is 14.7. The molecule has 24 heavy (non-hydrogen) atoms. The molecular formula is C15H16ClN5O3. The minimum atomic E-state index is -0.457. The van der Waals surface area contributed by atoms with Gasteiger partial charge < -0.3 is 9.80 Å². The number of rotatable bonds is 3. The first-order valence-corrected chi connectivity index (χ1v) is 7.86. The predicted molar refractivity (Wildman–Crippen MR) is 89.4 cm³/mol. The van der Waals surface area contributed by atoms with Gasteiger partial charge in [-0.25, -0.2) is 4.98 Å². The number of hydrogen-bond acceptors (Lipinski definition) is 5. The smallest absolute Gasteiger partial charge is 0.266 e. The molecule has 8 nitrogen and oxygen atoms in total. The number of nitrogens with zero attached hydrogens (tertiary/aromatic N) is 3. The number of aromatic amines is 2. The van der Waals surface area contributed by atoms with E-state index in [9.17, 15) is 14.4 Å². The van der Waals surface area contributed by atoms with E-state index in [2.05, 4.69) is 15.2 Å². The maximum Gasteiger partial charge on any atom is 0.266 e. The van der Waals surface area contributed by atoms with Crippen molar-refractivity contribution >= 4 is 23.3 Å². The van der Waals surface area contributed by atoms with Crippen molar-refractivity contribution in [3.63, 3.8) is 0 Å². The third-order valence-corrected chi connectivity index (χ3v) is 4.20. The number of amides is 1. The van der Waals surface area contributed by atoms with Gasteiger partial charge in [-0.3, -0.25) is 24.6 Å². The van der Waals surface area contributed by atoms with Gasteiger partial charge in [0.25, 0.3) is 11.1 Å². The number of piperazine rings is 1. The number of halogens is 1. The van der Waals surface area contributed by atoms with Gasteiger partial charge in [0, 0.05) is 44.0 Å². The van der Waals surface area contributed by atoms with Gasteiger partial charge in [0.15, 0.2) is 0 Å². The van der Waals surface area contributed by atoms with Gasteiger partial charge >= 0.3 is 0 Å². The summed E-state index contributed by atoms with van der Waals surface area (Å²) in [5.41, 5.74) is -0.729. The Balaban J connectivity index is 1.63. The molecule has 1 aliphatic rings. The first-order valence-electron chi connectivity index (χ1n) is 7.49. The van der Waals surface area contributed by atoms with E-state index in [4.69, 9.17) is 11.6 Å². The summed E-state index contributed by atoms with van der Waals surface area (Å²) in [4.78, 5) is 43.2. The van der Waals surface area contributed by atoms with E-state index >= 15 is 0 Å². The summed E-state index contributed by atoms with van der Waals surface area (Å²) < 4.78 is 0. The fourth-order valence-corrected chi connectivity index (χ4v) is 2.88. The van der Waals surface area contributed by atoms with Gasteiger partial charge in [0.05, 0.1) is 11.4 Å². The molecule has 2 aromatic heterocycles. The molecule has 126 valence electrons. The van der Waals surface area contributed by atoms with Crippen LogP contribution < -0.4 is 16.0 Å². The second-order valence-corrected chi connectivity index (χ2v) is 5.87. The Kier molecular flexibility index (Phi) is 4.66. The molecule has 1 aliphatic heterocycles. The molecule has 0 aromatic carbocycles. The lowest BCUT2D eigenvalue weighted by Crippen LogP contribution is -2.49. The Morgan fingerprint density at radius 1 is 1.21 bits per heavy atom. The Bertz CT molecular complexity index is 854. The van der Waals surface area contributed by atoms with Crippen LogP contribution in [-0.4, -0.2) is 52.2 Å². The lowest BCUT2D eigenvalue weighted by molar-refractivity contribution is -0.130. The van der Waals surface area contributed by atoms with E-state index in [-0.39, 0.29) is 17.9 Å². The summed E-state index contributed by atoms with van der Waals surface area (Å²) >= 11 is 6.14. The Hall–Kier alpha value is -2.61. The highest BCUT2D eigenvalue weighted by atomic mass is 35.5. The minimum Gasteiger partial charge on any atom is -0.352 e. The predicted octanol–water partition coefficient (Wildman–Crippen LogP) is 0.00290. The van der Waals surface area contributed by atoms with Crippen LogP contribution in [-0.2, 0) is 11.2 Å². The van der Waals surface area contributed by atoms with Crippen LogP contribution in [0.4, 0.5) is 5.82 Å². The fourth-order valence-electron chi connectivity index (χ4n) is 2.64. The molecule has 0 radical (unpaired) electrons. The van der Waals surface area contributed by atoms with Gasteiger partial charge in [0.2, 0.25) is 5.91 Å². The monoisotopic (exact) mass is 349 g/mol. The van der Waals surface area contributed by atoms with Crippen molar-refractivity contribution in [3.8, 4) is 0 Å². The van der Waals surface area contributed by atoms with E-state index < -0.39 is 11.1 Å². The summed E-state index contributed by atoms with van der Waals surface area (Å²) in [6, 6.07) is 4.70. The zero-order valence-electron chi connectivity index (χ0n) is 12.8. The molecule has 2 aromatic rings. The van der Waals surface area contributed by atoms with Gasteiger partial charge in [-0.1, -0.05) is 11.6 Å². The van der Waals surface area contributed by atoms with Crippen molar-refractivity contribution < 1.29 is 4.79 Å². The first-order chi connectivity index (χ1) is 11.5. The molecule has 3 heterocycles. The number of nitrogens with one attached hydrogen (secondary N) is 2. The maximum absolute atomic E-state index is 12.3. The minimum absolute atomic E-state index is 0.0937. The summed E-state index contributed by atoms with van der Waals surface area (Å²) in [5, 5.41) is 4.97. The molecule has 0 unspecified atom stereocenters. The standard InChI is InChI=1S/C15H16ClN5O3/c16-11-2-1-3-17-14(11)21-6-4-20(5-7-21)13(23)9-10-8-12(22)18-19-15(10)24/h1-3,8H,4-7,9H2,(H,18,22)(H,19,24). The zero-order valence-corrected chi connectivity index (χ0v) is 13.5. The number of carbonyl (C=O) groups excluding carboxylic acids is 1. The molecule has 0 saturated carbocycles. The van der Waals surface area contributed by atoms with Crippen LogP contribution in [0.15, 0.2) is 34.0 Å². The van der Waals surface area contributed by atoms with Gasteiger partial charge in [0.1, 0.15) is 5.82 Å². The van der Waals surface area contributed by atoms with Crippen molar-refractivity contribution in [2.75, 3.05) is 31.1 Å². The quantitative estimate of drug-likeness (QED) is 0.812. The lowest BCUT2D eigenvalue weighted by atomic mass is 10.2. The molecule has 1 fully saturated rings. The topological polar surface area (TPSA) is 102 Å². The molecule has 1 saturated heterocycles. The number of H-pyrrole nitrogens is 2.